The summed E-state index contributed by atoms with van der Waals surface area (Å²) in [5.74, 6) is -0.145. The Labute approximate surface area is 382 Å². The number of unbranched alkanes of at least 4 members (excludes halogenated alkanes) is 34. The number of hydrogen-bond acceptors (Lipinski definition) is 8. The van der Waals surface area contributed by atoms with Gasteiger partial charge in [0.2, 0.25) is 5.91 Å². The highest BCUT2D eigenvalue weighted by Gasteiger charge is 2.44. The van der Waals surface area contributed by atoms with Gasteiger partial charge in [-0.15, -0.1) is 0 Å². The van der Waals surface area contributed by atoms with Crippen molar-refractivity contribution in [1.82, 2.24) is 5.32 Å². The lowest BCUT2D eigenvalue weighted by Gasteiger charge is -2.40. The van der Waals surface area contributed by atoms with Gasteiger partial charge in [-0.1, -0.05) is 231 Å². The molecule has 9 heteroatoms. The Kier molecular flexibility index (Phi) is 41.6. The second-order valence-corrected chi connectivity index (χ2v) is 19.0. The van der Waals surface area contributed by atoms with Crippen LogP contribution in [-0.2, 0) is 14.3 Å². The topological polar surface area (TPSA) is 149 Å². The lowest BCUT2D eigenvalue weighted by molar-refractivity contribution is -0.302. The number of carbonyl (C=O) groups excluding carboxylic acids is 1. The summed E-state index contributed by atoms with van der Waals surface area (Å²) < 4.78 is 11.3. The molecule has 0 aromatic carbocycles. The largest absolute Gasteiger partial charge is 0.394 e. The monoisotopic (exact) mass is 882 g/mol. The Bertz CT molecular complexity index is 981. The van der Waals surface area contributed by atoms with E-state index < -0.39 is 49.5 Å². The molecule has 0 saturated carbocycles. The fourth-order valence-corrected chi connectivity index (χ4v) is 8.80. The van der Waals surface area contributed by atoms with Crippen molar-refractivity contribution in [2.24, 2.45) is 0 Å². The van der Waals surface area contributed by atoms with E-state index in [1.807, 2.05) is 0 Å². The Morgan fingerprint density at radius 2 is 0.903 bits per heavy atom. The molecule has 1 rings (SSSR count). The van der Waals surface area contributed by atoms with Crippen molar-refractivity contribution >= 4 is 5.91 Å². The number of aliphatic hydroxyl groups is 5. The van der Waals surface area contributed by atoms with E-state index in [4.69, 9.17) is 9.47 Å². The molecular weight excluding hydrogens is 779 g/mol. The molecule has 0 aromatic heterocycles. The third kappa shape index (κ3) is 33.4. The molecule has 368 valence electrons. The maximum Gasteiger partial charge on any atom is 0.220 e. The number of rotatable bonds is 46. The van der Waals surface area contributed by atoms with Crippen LogP contribution in [-0.4, -0.2) is 87.5 Å². The minimum absolute atomic E-state index is 0.136. The van der Waals surface area contributed by atoms with Crippen LogP contribution in [0.3, 0.4) is 0 Å². The first-order valence-electron chi connectivity index (χ1n) is 26.9. The summed E-state index contributed by atoms with van der Waals surface area (Å²) in [5, 5.41) is 54.6. The summed E-state index contributed by atoms with van der Waals surface area (Å²) in [6.45, 7) is 3.86. The van der Waals surface area contributed by atoms with Gasteiger partial charge in [0, 0.05) is 6.42 Å². The SMILES string of the molecule is CCCCCCCCCCCCC/C=C\CCCCCCCCCC(=O)NC(COC1OC(CO)C(O)C(O)C1O)C(O)CCCCCCCCCCCCCCCCCCC. The highest BCUT2D eigenvalue weighted by Crippen LogP contribution is 2.23. The number of hydrogen-bond donors (Lipinski definition) is 6. The molecule has 6 N–H and O–H groups in total. The molecule has 0 spiro atoms. The highest BCUT2D eigenvalue weighted by molar-refractivity contribution is 5.76. The van der Waals surface area contributed by atoms with Gasteiger partial charge in [-0.3, -0.25) is 4.79 Å². The molecule has 7 atom stereocenters. The molecule has 62 heavy (non-hydrogen) atoms. The summed E-state index contributed by atoms with van der Waals surface area (Å²) in [4.78, 5) is 13.0. The molecule has 1 fully saturated rings. The zero-order chi connectivity index (χ0) is 45.1. The van der Waals surface area contributed by atoms with Crippen LogP contribution in [0.15, 0.2) is 12.2 Å². The number of ether oxygens (including phenoxy) is 2. The minimum Gasteiger partial charge on any atom is -0.394 e. The quantitative estimate of drug-likeness (QED) is 0.0261. The molecular formula is C53H103NO8. The van der Waals surface area contributed by atoms with Crippen LogP contribution in [0.2, 0.25) is 0 Å². The van der Waals surface area contributed by atoms with Crippen LogP contribution in [0.1, 0.15) is 264 Å². The van der Waals surface area contributed by atoms with Gasteiger partial charge in [-0.25, -0.2) is 0 Å². The maximum atomic E-state index is 13.0. The van der Waals surface area contributed by atoms with Crippen molar-refractivity contribution in [2.75, 3.05) is 13.2 Å². The Morgan fingerprint density at radius 3 is 1.31 bits per heavy atom. The number of carbonyl (C=O) groups is 1. The van der Waals surface area contributed by atoms with Crippen LogP contribution < -0.4 is 5.32 Å². The molecule has 1 amide bonds. The normalized spacial score (nSPS) is 20.3. The summed E-state index contributed by atoms with van der Waals surface area (Å²) >= 11 is 0. The third-order valence-electron chi connectivity index (χ3n) is 13.1. The van der Waals surface area contributed by atoms with Crippen LogP contribution >= 0.6 is 0 Å². The lowest BCUT2D eigenvalue weighted by Crippen LogP contribution is -2.60. The van der Waals surface area contributed by atoms with E-state index in [9.17, 15) is 30.3 Å². The predicted molar refractivity (Wildman–Crippen MR) is 258 cm³/mol. The van der Waals surface area contributed by atoms with Gasteiger partial charge >= 0.3 is 0 Å². The Hall–Kier alpha value is -1.07. The molecule has 0 bridgehead atoms. The van der Waals surface area contributed by atoms with Gasteiger partial charge < -0.3 is 40.3 Å². The lowest BCUT2D eigenvalue weighted by atomic mass is 9.99. The zero-order valence-electron chi connectivity index (χ0n) is 40.6. The average Bonchev–Trinajstić information content (AvgIpc) is 3.27. The smallest absolute Gasteiger partial charge is 0.220 e. The third-order valence-corrected chi connectivity index (χ3v) is 13.1. The van der Waals surface area contributed by atoms with Crippen LogP contribution in [0, 0.1) is 0 Å². The molecule has 7 unspecified atom stereocenters. The van der Waals surface area contributed by atoms with Gasteiger partial charge in [0.1, 0.15) is 24.4 Å². The van der Waals surface area contributed by atoms with Crippen molar-refractivity contribution in [3.8, 4) is 0 Å². The van der Waals surface area contributed by atoms with Gasteiger partial charge in [0.25, 0.3) is 0 Å². The molecule has 0 aromatic rings. The van der Waals surface area contributed by atoms with E-state index in [1.54, 1.807) is 0 Å². The fraction of sp³-hybridized carbons (Fsp3) is 0.943. The molecule has 1 aliphatic heterocycles. The first-order chi connectivity index (χ1) is 30.3. The molecule has 1 saturated heterocycles. The van der Waals surface area contributed by atoms with Crippen molar-refractivity contribution in [1.29, 1.82) is 0 Å². The first kappa shape index (κ1) is 58.9. The van der Waals surface area contributed by atoms with Crippen LogP contribution in [0.5, 0.6) is 0 Å². The summed E-state index contributed by atoms with van der Waals surface area (Å²) in [5.41, 5.74) is 0. The zero-order valence-corrected chi connectivity index (χ0v) is 40.6. The molecule has 0 aliphatic carbocycles. The van der Waals surface area contributed by atoms with Crippen LogP contribution in [0.25, 0.3) is 0 Å². The number of aliphatic hydroxyl groups excluding tert-OH is 5. The maximum absolute atomic E-state index is 13.0. The van der Waals surface area contributed by atoms with E-state index >= 15 is 0 Å². The Balaban J connectivity index is 2.24. The predicted octanol–water partition coefficient (Wildman–Crippen LogP) is 12.5. The molecule has 0 radical (unpaired) electrons. The van der Waals surface area contributed by atoms with Gasteiger partial charge in [0.15, 0.2) is 6.29 Å². The minimum atomic E-state index is -1.55. The van der Waals surface area contributed by atoms with Crippen molar-refractivity contribution in [2.45, 2.75) is 307 Å². The first-order valence-corrected chi connectivity index (χ1v) is 26.9. The van der Waals surface area contributed by atoms with E-state index in [0.717, 1.165) is 38.5 Å². The molecule has 1 heterocycles. The Morgan fingerprint density at radius 1 is 0.532 bits per heavy atom. The van der Waals surface area contributed by atoms with E-state index in [0.29, 0.717) is 12.8 Å². The number of amides is 1. The van der Waals surface area contributed by atoms with Crippen LogP contribution in [0.4, 0.5) is 0 Å². The van der Waals surface area contributed by atoms with E-state index in [-0.39, 0.29) is 12.5 Å². The second kappa shape index (κ2) is 43.8. The van der Waals surface area contributed by atoms with Gasteiger partial charge in [-0.05, 0) is 38.5 Å². The number of allylic oxidation sites excluding steroid dienone is 2. The van der Waals surface area contributed by atoms with Crippen molar-refractivity contribution in [3.05, 3.63) is 12.2 Å². The summed E-state index contributed by atoms with van der Waals surface area (Å²) in [6, 6.07) is -0.718. The average molecular weight is 882 g/mol. The second-order valence-electron chi connectivity index (χ2n) is 19.0. The van der Waals surface area contributed by atoms with E-state index in [1.165, 1.54) is 199 Å². The van der Waals surface area contributed by atoms with E-state index in [2.05, 4.69) is 31.3 Å². The van der Waals surface area contributed by atoms with Crippen molar-refractivity contribution < 1.29 is 39.8 Å². The fourth-order valence-electron chi connectivity index (χ4n) is 8.80. The van der Waals surface area contributed by atoms with Crippen molar-refractivity contribution in [3.63, 3.8) is 0 Å². The summed E-state index contributed by atoms with van der Waals surface area (Å²) in [7, 11) is 0. The molecule has 1 aliphatic rings. The number of nitrogens with one attached hydrogen (secondary N) is 1. The molecule has 9 nitrogen and oxygen atoms in total. The highest BCUT2D eigenvalue weighted by atomic mass is 16.7. The van der Waals surface area contributed by atoms with Gasteiger partial charge in [0.05, 0.1) is 25.4 Å². The summed E-state index contributed by atoms with van der Waals surface area (Å²) in [6.07, 6.45) is 45.1. The van der Waals surface area contributed by atoms with Gasteiger partial charge in [-0.2, -0.15) is 0 Å². The standard InChI is InChI=1S/C53H103NO8/c1-3-5-7-9-11-13-15-17-19-21-22-23-24-25-27-29-31-33-35-37-39-41-43-49(57)54-46(45-61-53-52(60)51(59)50(58)48(44-55)62-53)47(56)42-40-38-36-34-32-30-28-26-20-18-16-14-12-10-8-6-4-2/h24-25,46-48,50-53,55-56,58-60H,3-23,26-45H2,1-2H3,(H,54,57)/b25-24-.